The van der Waals surface area contributed by atoms with Crippen molar-refractivity contribution < 1.29 is 9.32 Å². The molecule has 8 heteroatoms. The smallest absolute Gasteiger partial charge is 0.276 e. The van der Waals surface area contributed by atoms with Gasteiger partial charge in [0.2, 0.25) is 11.7 Å². The zero-order valence-electron chi connectivity index (χ0n) is 13.6. The minimum absolute atomic E-state index is 0.306. The maximum atomic E-state index is 12.7. The monoisotopic (exact) mass is 334 g/mol. The molecule has 4 rings (SSSR count). The predicted molar refractivity (Wildman–Crippen MR) is 90.1 cm³/mol. The van der Waals surface area contributed by atoms with Crippen molar-refractivity contribution in [3.05, 3.63) is 60.0 Å². The Morgan fingerprint density at radius 2 is 2.12 bits per heavy atom. The number of rotatable bonds is 3. The number of hydrogen-bond donors (Lipinski definition) is 1. The zero-order valence-corrected chi connectivity index (χ0v) is 13.6. The Morgan fingerprint density at radius 1 is 1.24 bits per heavy atom. The van der Waals surface area contributed by atoms with Crippen LogP contribution in [0.3, 0.4) is 0 Å². The highest BCUT2D eigenvalue weighted by Gasteiger charge is 2.15. The van der Waals surface area contributed by atoms with Crippen LogP contribution in [0.25, 0.3) is 16.9 Å². The molecule has 0 saturated heterocycles. The molecule has 0 aliphatic heterocycles. The van der Waals surface area contributed by atoms with Gasteiger partial charge in [0, 0.05) is 24.4 Å². The fourth-order valence-corrected chi connectivity index (χ4v) is 2.53. The molecule has 0 aliphatic rings. The number of nitrogens with one attached hydrogen (secondary N) is 1. The molecule has 3 heterocycles. The van der Waals surface area contributed by atoms with Gasteiger partial charge in [0.05, 0.1) is 5.52 Å². The van der Waals surface area contributed by atoms with Crippen LogP contribution in [0, 0.1) is 13.8 Å². The normalized spacial score (nSPS) is 11.0. The first kappa shape index (κ1) is 15.0. The van der Waals surface area contributed by atoms with Crippen molar-refractivity contribution in [3.63, 3.8) is 0 Å². The molecule has 0 unspecified atom stereocenters. The van der Waals surface area contributed by atoms with Crippen molar-refractivity contribution in [2.24, 2.45) is 0 Å². The Labute approximate surface area is 142 Å². The summed E-state index contributed by atoms with van der Waals surface area (Å²) in [6.45, 7) is 3.64. The first-order valence-electron chi connectivity index (χ1n) is 7.63. The molecule has 0 radical (unpaired) electrons. The molecule has 1 N–H and O–H groups in total. The summed E-state index contributed by atoms with van der Waals surface area (Å²) < 4.78 is 6.62. The van der Waals surface area contributed by atoms with Crippen molar-refractivity contribution in [3.8, 4) is 11.4 Å². The van der Waals surface area contributed by atoms with Gasteiger partial charge in [-0.05, 0) is 30.7 Å². The van der Waals surface area contributed by atoms with Crippen LogP contribution in [-0.2, 0) is 0 Å². The third-order valence-corrected chi connectivity index (χ3v) is 3.82. The van der Waals surface area contributed by atoms with E-state index in [0.717, 1.165) is 11.1 Å². The Kier molecular flexibility index (Phi) is 3.50. The van der Waals surface area contributed by atoms with Gasteiger partial charge in [-0.1, -0.05) is 17.3 Å². The fraction of sp³-hybridized carbons (Fsp3) is 0.118. The molecule has 0 atom stereocenters. The van der Waals surface area contributed by atoms with Crippen molar-refractivity contribution >= 4 is 17.1 Å². The van der Waals surface area contributed by atoms with E-state index in [1.54, 1.807) is 23.7 Å². The average molecular weight is 334 g/mol. The number of benzene rings is 1. The third-order valence-electron chi connectivity index (χ3n) is 3.82. The van der Waals surface area contributed by atoms with E-state index in [1.165, 1.54) is 6.33 Å². The molecule has 25 heavy (non-hydrogen) atoms. The molecule has 0 bridgehead atoms. The molecule has 0 aliphatic carbocycles. The minimum Gasteiger partial charge on any atom is -0.339 e. The number of aromatic nitrogens is 5. The van der Waals surface area contributed by atoms with E-state index in [9.17, 15) is 4.79 Å². The highest BCUT2D eigenvalue weighted by molar-refractivity contribution is 6.07. The molecule has 4 aromatic rings. The molecule has 0 fully saturated rings. The highest BCUT2D eigenvalue weighted by atomic mass is 16.5. The number of nitrogens with zero attached hydrogens (tertiary/aromatic N) is 5. The molecule has 1 amide bonds. The summed E-state index contributed by atoms with van der Waals surface area (Å²) in [6.07, 6.45) is 3.12. The summed E-state index contributed by atoms with van der Waals surface area (Å²) in [5, 5.41) is 10.9. The van der Waals surface area contributed by atoms with Crippen LogP contribution in [0.1, 0.15) is 21.9 Å². The van der Waals surface area contributed by atoms with Gasteiger partial charge in [-0.3, -0.25) is 4.79 Å². The Morgan fingerprint density at radius 3 is 2.92 bits per heavy atom. The van der Waals surface area contributed by atoms with E-state index in [0.29, 0.717) is 28.6 Å². The lowest BCUT2D eigenvalue weighted by Gasteiger charge is -2.10. The van der Waals surface area contributed by atoms with E-state index in [2.05, 4.69) is 25.5 Å². The van der Waals surface area contributed by atoms with Crippen LogP contribution in [0.4, 0.5) is 5.69 Å². The molecule has 1 aromatic carbocycles. The van der Waals surface area contributed by atoms with E-state index in [-0.39, 0.29) is 5.91 Å². The van der Waals surface area contributed by atoms with Gasteiger partial charge in [-0.15, -0.1) is 0 Å². The topological polar surface area (TPSA) is 98.2 Å². The van der Waals surface area contributed by atoms with Crippen molar-refractivity contribution in [1.82, 2.24) is 24.7 Å². The van der Waals surface area contributed by atoms with E-state index in [4.69, 9.17) is 4.52 Å². The van der Waals surface area contributed by atoms with E-state index >= 15 is 0 Å². The second kappa shape index (κ2) is 5.82. The zero-order chi connectivity index (χ0) is 17.4. The second-order valence-corrected chi connectivity index (χ2v) is 5.57. The summed E-state index contributed by atoms with van der Waals surface area (Å²) in [6, 6.07) is 9.19. The summed E-state index contributed by atoms with van der Waals surface area (Å²) in [4.78, 5) is 21.0. The first-order valence-corrected chi connectivity index (χ1v) is 7.63. The Balaban J connectivity index is 1.68. The number of carbonyl (C=O) groups excluding carboxylic acids is 1. The van der Waals surface area contributed by atoms with Gasteiger partial charge >= 0.3 is 0 Å². The molecular formula is C17H14N6O2. The van der Waals surface area contributed by atoms with Gasteiger partial charge < -0.3 is 9.84 Å². The lowest BCUT2D eigenvalue weighted by atomic mass is 10.1. The first-order chi connectivity index (χ1) is 12.1. The van der Waals surface area contributed by atoms with Gasteiger partial charge in [0.15, 0.2) is 5.69 Å². The standard InChI is InChI=1S/C17H14N6O2/c1-10-5-6-12(16-20-11(2)25-22-16)8-13(10)21-17(24)15-14-4-3-7-23(14)19-9-18-15/h3-9H,1-2H3,(H,21,24). The maximum Gasteiger partial charge on any atom is 0.276 e. The van der Waals surface area contributed by atoms with Crippen molar-refractivity contribution in [2.75, 3.05) is 5.32 Å². The molecular weight excluding hydrogens is 320 g/mol. The van der Waals surface area contributed by atoms with Crippen LogP contribution < -0.4 is 5.32 Å². The molecule has 8 nitrogen and oxygen atoms in total. The van der Waals surface area contributed by atoms with Crippen LogP contribution in [0.15, 0.2) is 47.4 Å². The molecule has 0 saturated carbocycles. The predicted octanol–water partition coefficient (Wildman–Crippen LogP) is 2.65. The lowest BCUT2D eigenvalue weighted by molar-refractivity contribution is 0.102. The van der Waals surface area contributed by atoms with Crippen molar-refractivity contribution in [1.29, 1.82) is 0 Å². The average Bonchev–Trinajstić information content (AvgIpc) is 3.25. The van der Waals surface area contributed by atoms with Crippen molar-refractivity contribution in [2.45, 2.75) is 13.8 Å². The van der Waals surface area contributed by atoms with Gasteiger partial charge in [0.25, 0.3) is 5.91 Å². The summed E-state index contributed by atoms with van der Waals surface area (Å²) in [5.74, 6) is 0.650. The highest BCUT2D eigenvalue weighted by Crippen LogP contribution is 2.24. The van der Waals surface area contributed by atoms with Crippen LogP contribution in [0.5, 0.6) is 0 Å². The number of aryl methyl sites for hydroxylation is 2. The van der Waals surface area contributed by atoms with E-state index < -0.39 is 0 Å². The van der Waals surface area contributed by atoms with Gasteiger partial charge in [-0.25, -0.2) is 9.50 Å². The third kappa shape index (κ3) is 2.74. The summed E-state index contributed by atoms with van der Waals surface area (Å²) in [7, 11) is 0. The lowest BCUT2D eigenvalue weighted by Crippen LogP contribution is -2.16. The molecule has 124 valence electrons. The SMILES string of the molecule is Cc1nc(-c2ccc(C)c(NC(=O)c3ncnn4cccc34)c2)no1. The molecule has 0 spiro atoms. The minimum atomic E-state index is -0.310. The van der Waals surface area contributed by atoms with Crippen LogP contribution >= 0.6 is 0 Å². The van der Waals surface area contributed by atoms with Crippen LogP contribution in [-0.4, -0.2) is 30.6 Å². The maximum absolute atomic E-state index is 12.7. The number of fused-ring (bicyclic) bond motifs is 1. The fourth-order valence-electron chi connectivity index (χ4n) is 2.53. The number of anilines is 1. The second-order valence-electron chi connectivity index (χ2n) is 5.57. The Bertz CT molecular complexity index is 1080. The summed E-state index contributed by atoms with van der Waals surface area (Å²) in [5.41, 5.74) is 3.28. The number of hydrogen-bond acceptors (Lipinski definition) is 6. The summed E-state index contributed by atoms with van der Waals surface area (Å²) >= 11 is 0. The van der Waals surface area contributed by atoms with Gasteiger partial charge in [0.1, 0.15) is 6.33 Å². The molecule has 3 aromatic heterocycles. The van der Waals surface area contributed by atoms with E-state index in [1.807, 2.05) is 31.2 Å². The Hall–Kier alpha value is -3.55. The van der Waals surface area contributed by atoms with Gasteiger partial charge in [-0.2, -0.15) is 10.1 Å². The largest absolute Gasteiger partial charge is 0.339 e. The number of carbonyl (C=O) groups is 1. The quantitative estimate of drug-likeness (QED) is 0.618. The van der Waals surface area contributed by atoms with Crippen LogP contribution in [0.2, 0.25) is 0 Å². The number of amides is 1.